The minimum absolute atomic E-state index is 0.133. The van der Waals surface area contributed by atoms with Gasteiger partial charge in [0.25, 0.3) is 5.91 Å². The number of phenols is 1. The smallest absolute Gasteiger partial charge is 0.406 e. The summed E-state index contributed by atoms with van der Waals surface area (Å²) < 4.78 is 42.1. The van der Waals surface area contributed by atoms with Crippen LogP contribution in [0.4, 0.5) is 13.2 Å². The Kier molecular flexibility index (Phi) is 5.17. The van der Waals surface area contributed by atoms with E-state index < -0.39 is 18.8 Å². The molecule has 1 aromatic rings. The van der Waals surface area contributed by atoms with Gasteiger partial charge in [0, 0.05) is 0 Å². The number of ether oxygens (including phenoxy) is 1. The number of phenolic OH excluding ortho intramolecular Hbond substituents is 1. The van der Waals surface area contributed by atoms with E-state index in [9.17, 15) is 23.1 Å². The van der Waals surface area contributed by atoms with Gasteiger partial charge in [0.2, 0.25) is 0 Å². The van der Waals surface area contributed by atoms with Gasteiger partial charge in [-0.05, 0) is 23.8 Å². The van der Waals surface area contributed by atoms with Gasteiger partial charge in [0.15, 0.2) is 11.5 Å². The van der Waals surface area contributed by atoms with Gasteiger partial charge >= 0.3 is 6.18 Å². The van der Waals surface area contributed by atoms with Gasteiger partial charge in [-0.15, -0.1) is 0 Å². The SMILES string of the molecule is NC(COc1ccc(/C=C2\SC(=S)NC2=O)cc1O)C(F)(F)F. The minimum atomic E-state index is -4.58. The van der Waals surface area contributed by atoms with E-state index in [2.05, 4.69) is 5.32 Å². The highest BCUT2D eigenvalue weighted by atomic mass is 32.2. The van der Waals surface area contributed by atoms with Crippen LogP contribution in [-0.2, 0) is 4.79 Å². The monoisotopic (exact) mass is 364 g/mol. The first kappa shape index (κ1) is 17.6. The Hall–Kier alpha value is -1.78. The van der Waals surface area contributed by atoms with E-state index in [-0.39, 0.29) is 17.4 Å². The van der Waals surface area contributed by atoms with Gasteiger partial charge in [-0.25, -0.2) is 0 Å². The lowest BCUT2D eigenvalue weighted by Crippen LogP contribution is -2.42. The van der Waals surface area contributed by atoms with Gasteiger partial charge in [-0.2, -0.15) is 13.2 Å². The molecular formula is C13H11F3N2O3S2. The standard InChI is InChI=1S/C13H11F3N2O3S2/c14-13(15,16)10(17)5-21-8-2-1-6(3-7(8)19)4-9-11(20)18-12(22)23-9/h1-4,10,19H,5,17H2,(H,18,20,22)/b9-4-. The maximum atomic E-state index is 12.3. The number of nitrogens with one attached hydrogen (secondary N) is 1. The third-order valence-corrected chi connectivity index (χ3v) is 3.92. The molecule has 0 aliphatic carbocycles. The molecule has 0 spiro atoms. The van der Waals surface area contributed by atoms with Gasteiger partial charge in [-0.1, -0.05) is 30.0 Å². The number of amides is 1. The van der Waals surface area contributed by atoms with Crippen molar-refractivity contribution in [2.75, 3.05) is 6.61 Å². The molecule has 10 heteroatoms. The molecule has 23 heavy (non-hydrogen) atoms. The molecule has 0 aromatic heterocycles. The molecule has 1 saturated heterocycles. The first-order valence-corrected chi connectivity index (χ1v) is 7.42. The van der Waals surface area contributed by atoms with Crippen LogP contribution in [0, 0.1) is 0 Å². The number of aromatic hydroxyl groups is 1. The molecule has 0 bridgehead atoms. The fraction of sp³-hybridized carbons (Fsp3) is 0.231. The number of hydrogen-bond acceptors (Lipinski definition) is 6. The van der Waals surface area contributed by atoms with Crippen molar-refractivity contribution < 1.29 is 27.8 Å². The number of nitrogens with two attached hydrogens (primary N) is 1. The van der Waals surface area contributed by atoms with E-state index in [0.717, 1.165) is 11.8 Å². The predicted octanol–water partition coefficient (Wildman–Crippen LogP) is 2.15. The molecule has 1 heterocycles. The van der Waals surface area contributed by atoms with E-state index >= 15 is 0 Å². The average Bonchev–Trinajstić information content (AvgIpc) is 2.74. The van der Waals surface area contributed by atoms with Gasteiger partial charge in [0.1, 0.15) is 17.0 Å². The topological polar surface area (TPSA) is 84.6 Å². The van der Waals surface area contributed by atoms with Crippen molar-refractivity contribution in [3.63, 3.8) is 0 Å². The van der Waals surface area contributed by atoms with E-state index in [1.807, 2.05) is 0 Å². The van der Waals surface area contributed by atoms with Crippen LogP contribution >= 0.6 is 24.0 Å². The van der Waals surface area contributed by atoms with Gasteiger partial charge in [0.05, 0.1) is 4.91 Å². The minimum Gasteiger partial charge on any atom is -0.504 e. The fourth-order valence-corrected chi connectivity index (χ4v) is 2.64. The quantitative estimate of drug-likeness (QED) is 0.561. The Bertz CT molecular complexity index is 677. The summed E-state index contributed by atoms with van der Waals surface area (Å²) in [6, 6.07) is 1.89. The summed E-state index contributed by atoms with van der Waals surface area (Å²) in [6.45, 7) is -0.815. The van der Waals surface area contributed by atoms with Crippen LogP contribution in [0.2, 0.25) is 0 Å². The van der Waals surface area contributed by atoms with Crippen LogP contribution in [0.15, 0.2) is 23.1 Å². The fourth-order valence-electron chi connectivity index (χ4n) is 1.59. The molecular weight excluding hydrogens is 353 g/mol. The number of halogens is 3. The zero-order chi connectivity index (χ0) is 17.2. The number of rotatable bonds is 4. The molecule has 0 radical (unpaired) electrons. The van der Waals surface area contributed by atoms with E-state index in [1.54, 1.807) is 0 Å². The Morgan fingerprint density at radius 2 is 2.17 bits per heavy atom. The summed E-state index contributed by atoms with van der Waals surface area (Å²) in [6.07, 6.45) is -3.09. The van der Waals surface area contributed by atoms with Crippen LogP contribution in [-0.4, -0.2) is 34.2 Å². The molecule has 1 aliphatic heterocycles. The lowest BCUT2D eigenvalue weighted by Gasteiger charge is -2.16. The van der Waals surface area contributed by atoms with Crippen molar-refractivity contribution in [1.29, 1.82) is 0 Å². The summed E-state index contributed by atoms with van der Waals surface area (Å²) in [7, 11) is 0. The number of benzene rings is 1. The Labute approximate surface area is 138 Å². The molecule has 2 rings (SSSR count). The number of thiocarbonyl (C=S) groups is 1. The summed E-state index contributed by atoms with van der Waals surface area (Å²) in [4.78, 5) is 11.9. The molecule has 1 aromatic carbocycles. The van der Waals surface area contributed by atoms with Crippen LogP contribution in [0.1, 0.15) is 5.56 Å². The highest BCUT2D eigenvalue weighted by molar-refractivity contribution is 8.26. The first-order valence-electron chi connectivity index (χ1n) is 6.20. The maximum absolute atomic E-state index is 12.3. The van der Waals surface area contributed by atoms with Crippen molar-refractivity contribution >= 4 is 40.3 Å². The molecule has 5 nitrogen and oxygen atoms in total. The highest BCUT2D eigenvalue weighted by Gasteiger charge is 2.37. The Morgan fingerprint density at radius 3 is 2.70 bits per heavy atom. The third kappa shape index (κ3) is 4.60. The molecule has 4 N–H and O–H groups in total. The van der Waals surface area contributed by atoms with Crippen molar-refractivity contribution in [3.8, 4) is 11.5 Å². The van der Waals surface area contributed by atoms with E-state index in [0.29, 0.717) is 14.8 Å². The van der Waals surface area contributed by atoms with Crippen LogP contribution in [0.25, 0.3) is 6.08 Å². The second kappa shape index (κ2) is 6.77. The first-order chi connectivity index (χ1) is 10.7. The second-order valence-electron chi connectivity index (χ2n) is 4.54. The lowest BCUT2D eigenvalue weighted by molar-refractivity contribution is -0.153. The van der Waals surface area contributed by atoms with Gasteiger partial charge < -0.3 is 20.9 Å². The zero-order valence-corrected chi connectivity index (χ0v) is 13.0. The third-order valence-electron chi connectivity index (χ3n) is 2.76. The summed E-state index contributed by atoms with van der Waals surface area (Å²) in [5.41, 5.74) is 5.38. The summed E-state index contributed by atoms with van der Waals surface area (Å²) in [5.74, 6) is -0.846. The van der Waals surface area contributed by atoms with E-state index in [1.165, 1.54) is 24.3 Å². The Morgan fingerprint density at radius 1 is 1.48 bits per heavy atom. The molecule has 0 saturated carbocycles. The van der Waals surface area contributed by atoms with Crippen LogP contribution in [0.3, 0.4) is 0 Å². The lowest BCUT2D eigenvalue weighted by atomic mass is 10.2. The molecule has 1 amide bonds. The van der Waals surface area contributed by atoms with Crippen LogP contribution < -0.4 is 15.8 Å². The van der Waals surface area contributed by atoms with Crippen molar-refractivity contribution in [2.45, 2.75) is 12.2 Å². The second-order valence-corrected chi connectivity index (χ2v) is 6.26. The number of carbonyl (C=O) groups excluding carboxylic acids is 1. The number of alkyl halides is 3. The molecule has 1 atom stereocenters. The molecule has 1 aliphatic rings. The molecule has 1 fully saturated rings. The normalized spacial score (nSPS) is 18.2. The summed E-state index contributed by atoms with van der Waals surface area (Å²) in [5, 5.41) is 12.2. The van der Waals surface area contributed by atoms with E-state index in [4.69, 9.17) is 22.7 Å². The predicted molar refractivity (Wildman–Crippen MR) is 83.9 cm³/mol. The van der Waals surface area contributed by atoms with Crippen LogP contribution in [0.5, 0.6) is 11.5 Å². The van der Waals surface area contributed by atoms with Gasteiger partial charge in [-0.3, -0.25) is 4.79 Å². The number of carbonyl (C=O) groups is 1. The summed E-state index contributed by atoms with van der Waals surface area (Å²) >= 11 is 5.91. The van der Waals surface area contributed by atoms with Crippen molar-refractivity contribution in [3.05, 3.63) is 28.7 Å². The average molecular weight is 364 g/mol. The van der Waals surface area contributed by atoms with Crippen molar-refractivity contribution in [2.24, 2.45) is 5.73 Å². The maximum Gasteiger partial charge on any atom is 0.406 e. The largest absolute Gasteiger partial charge is 0.504 e. The number of hydrogen-bond donors (Lipinski definition) is 3. The van der Waals surface area contributed by atoms with Crippen molar-refractivity contribution in [1.82, 2.24) is 5.32 Å². The molecule has 124 valence electrons. The number of thioether (sulfide) groups is 1. The highest BCUT2D eigenvalue weighted by Crippen LogP contribution is 2.31. The Balaban J connectivity index is 2.08. The molecule has 1 unspecified atom stereocenters. The zero-order valence-electron chi connectivity index (χ0n) is 11.4.